The highest BCUT2D eigenvalue weighted by molar-refractivity contribution is 7.16. The zero-order valence-electron chi connectivity index (χ0n) is 20.9. The SMILES string of the molecule is CC[C@@H](c1cc2scc(Cl)n2c(=O)c1-c1ccccc1)n1nc(-c2ccc(OC)c(F)c2)c2c(N)ncnc21. The first-order valence-corrected chi connectivity index (χ1v) is 13.4. The van der Waals surface area contributed by atoms with Crippen LogP contribution in [0.15, 0.2) is 71.1 Å². The van der Waals surface area contributed by atoms with E-state index < -0.39 is 11.9 Å². The maximum absolute atomic E-state index is 14.7. The maximum atomic E-state index is 14.7. The first kappa shape index (κ1) is 25.0. The van der Waals surface area contributed by atoms with E-state index in [1.807, 2.05) is 43.3 Å². The van der Waals surface area contributed by atoms with Gasteiger partial charge in [0.15, 0.2) is 17.2 Å². The van der Waals surface area contributed by atoms with Crippen molar-refractivity contribution >= 4 is 44.6 Å². The highest BCUT2D eigenvalue weighted by Gasteiger charge is 2.27. The predicted molar refractivity (Wildman–Crippen MR) is 152 cm³/mol. The molecule has 0 amide bonds. The van der Waals surface area contributed by atoms with Gasteiger partial charge in [-0.1, -0.05) is 48.9 Å². The Kier molecular flexibility index (Phi) is 6.28. The fourth-order valence-electron chi connectivity index (χ4n) is 4.97. The molecule has 4 aromatic heterocycles. The van der Waals surface area contributed by atoms with Gasteiger partial charge in [0.1, 0.15) is 27.8 Å². The van der Waals surface area contributed by atoms with E-state index in [-0.39, 0.29) is 17.1 Å². The van der Waals surface area contributed by atoms with Crippen LogP contribution in [0.1, 0.15) is 24.9 Å². The summed E-state index contributed by atoms with van der Waals surface area (Å²) in [5.74, 6) is -0.190. The second kappa shape index (κ2) is 9.79. The fourth-order valence-corrected chi connectivity index (χ4v) is 6.12. The van der Waals surface area contributed by atoms with Crippen molar-refractivity contribution in [2.45, 2.75) is 19.4 Å². The Labute approximate surface area is 231 Å². The van der Waals surface area contributed by atoms with Crippen LogP contribution in [-0.4, -0.2) is 31.3 Å². The van der Waals surface area contributed by atoms with Crippen LogP contribution in [0.3, 0.4) is 0 Å². The molecule has 0 bridgehead atoms. The van der Waals surface area contributed by atoms with E-state index in [1.165, 1.54) is 41.3 Å². The van der Waals surface area contributed by atoms with Crippen molar-refractivity contribution in [3.63, 3.8) is 0 Å². The number of halogens is 2. The smallest absolute Gasteiger partial charge is 0.265 e. The number of anilines is 1. The lowest BCUT2D eigenvalue weighted by atomic mass is 9.95. The van der Waals surface area contributed by atoms with E-state index in [0.717, 1.165) is 11.1 Å². The Morgan fingerprint density at radius 1 is 1.13 bits per heavy atom. The summed E-state index contributed by atoms with van der Waals surface area (Å²) in [7, 11) is 1.41. The van der Waals surface area contributed by atoms with Crippen LogP contribution in [0.5, 0.6) is 5.75 Å². The molecular formula is C28H22ClFN6O2S. The molecule has 8 nitrogen and oxygen atoms in total. The minimum Gasteiger partial charge on any atom is -0.494 e. The number of ether oxygens (including phenoxy) is 1. The van der Waals surface area contributed by atoms with Crippen LogP contribution < -0.4 is 16.0 Å². The number of methoxy groups -OCH3 is 1. The third kappa shape index (κ3) is 4.03. The largest absolute Gasteiger partial charge is 0.494 e. The predicted octanol–water partition coefficient (Wildman–Crippen LogP) is 6.22. The Morgan fingerprint density at radius 3 is 2.64 bits per heavy atom. The first-order valence-electron chi connectivity index (χ1n) is 12.1. The molecule has 39 heavy (non-hydrogen) atoms. The maximum Gasteiger partial charge on any atom is 0.265 e. The molecule has 2 N–H and O–H groups in total. The van der Waals surface area contributed by atoms with E-state index in [2.05, 4.69) is 9.97 Å². The monoisotopic (exact) mass is 560 g/mol. The van der Waals surface area contributed by atoms with Crippen LogP contribution in [0.2, 0.25) is 5.15 Å². The van der Waals surface area contributed by atoms with E-state index in [4.69, 9.17) is 27.2 Å². The van der Waals surface area contributed by atoms with Gasteiger partial charge >= 0.3 is 0 Å². The molecule has 0 spiro atoms. The average Bonchev–Trinajstić information content (AvgIpc) is 3.51. The zero-order chi connectivity index (χ0) is 27.3. The average molecular weight is 561 g/mol. The molecular weight excluding hydrogens is 539 g/mol. The van der Waals surface area contributed by atoms with Gasteiger partial charge in [-0.2, -0.15) is 5.10 Å². The van der Waals surface area contributed by atoms with Gasteiger partial charge in [-0.25, -0.2) is 19.0 Å². The molecule has 11 heteroatoms. The van der Waals surface area contributed by atoms with E-state index in [9.17, 15) is 9.18 Å². The van der Waals surface area contributed by atoms with Gasteiger partial charge in [-0.15, -0.1) is 11.3 Å². The number of nitrogens with zero attached hydrogens (tertiary/aromatic N) is 5. The van der Waals surface area contributed by atoms with Crippen LogP contribution in [-0.2, 0) is 0 Å². The van der Waals surface area contributed by atoms with Gasteiger partial charge in [0.05, 0.1) is 24.1 Å². The molecule has 6 aromatic rings. The second-order valence-electron chi connectivity index (χ2n) is 8.90. The Hall–Kier alpha value is -4.28. The van der Waals surface area contributed by atoms with E-state index in [0.29, 0.717) is 44.3 Å². The Bertz CT molecular complexity index is 1920. The molecule has 0 fully saturated rings. The summed E-state index contributed by atoms with van der Waals surface area (Å²) in [6, 6.07) is 15.6. The number of rotatable bonds is 6. The summed E-state index contributed by atoms with van der Waals surface area (Å²) >= 11 is 7.79. The van der Waals surface area contributed by atoms with Crippen molar-refractivity contribution in [3.05, 3.63) is 93.2 Å². The minimum absolute atomic E-state index is 0.119. The van der Waals surface area contributed by atoms with Crippen LogP contribution in [0.25, 0.3) is 38.2 Å². The lowest BCUT2D eigenvalue weighted by Crippen LogP contribution is -2.21. The first-order chi connectivity index (χ1) is 18.9. The van der Waals surface area contributed by atoms with Crippen LogP contribution >= 0.6 is 22.9 Å². The number of nitrogen functional groups attached to an aromatic ring is 1. The highest BCUT2D eigenvalue weighted by atomic mass is 35.5. The number of pyridine rings is 1. The quantitative estimate of drug-likeness (QED) is 0.260. The molecule has 196 valence electrons. The highest BCUT2D eigenvalue weighted by Crippen LogP contribution is 2.38. The number of hydrogen-bond acceptors (Lipinski definition) is 7. The minimum atomic E-state index is -0.528. The molecule has 2 aromatic carbocycles. The summed E-state index contributed by atoms with van der Waals surface area (Å²) < 4.78 is 23.0. The molecule has 0 saturated heterocycles. The second-order valence-corrected chi connectivity index (χ2v) is 10.2. The van der Waals surface area contributed by atoms with Gasteiger partial charge in [-0.05, 0) is 41.8 Å². The van der Waals surface area contributed by atoms with Crippen molar-refractivity contribution in [1.82, 2.24) is 24.1 Å². The van der Waals surface area contributed by atoms with Crippen molar-refractivity contribution in [2.24, 2.45) is 0 Å². The number of nitrogens with two attached hydrogens (primary N) is 1. The van der Waals surface area contributed by atoms with Crippen LogP contribution in [0.4, 0.5) is 10.2 Å². The number of thiazole rings is 1. The Balaban J connectivity index is 1.65. The van der Waals surface area contributed by atoms with Crippen molar-refractivity contribution in [1.29, 1.82) is 0 Å². The van der Waals surface area contributed by atoms with Crippen LogP contribution in [0, 0.1) is 5.82 Å². The molecule has 1 atom stereocenters. The summed E-state index contributed by atoms with van der Waals surface area (Å²) in [5.41, 5.74) is 9.54. The third-order valence-corrected chi connectivity index (χ3v) is 8.03. The Morgan fingerprint density at radius 2 is 1.92 bits per heavy atom. The molecule has 0 unspecified atom stereocenters. The molecule has 0 aliphatic carbocycles. The van der Waals surface area contributed by atoms with Gasteiger partial charge in [0.2, 0.25) is 0 Å². The van der Waals surface area contributed by atoms with Crippen molar-refractivity contribution in [2.75, 3.05) is 12.8 Å². The summed E-state index contributed by atoms with van der Waals surface area (Å²) in [6.07, 6.45) is 1.95. The van der Waals surface area contributed by atoms with Gasteiger partial charge in [0.25, 0.3) is 5.56 Å². The number of aromatic nitrogens is 5. The number of fused-ring (bicyclic) bond motifs is 2. The molecule has 4 heterocycles. The fraction of sp³-hybridized carbons (Fsp3) is 0.143. The molecule has 0 radical (unpaired) electrons. The molecule has 6 rings (SSSR count). The van der Waals surface area contributed by atoms with Gasteiger partial charge in [-0.3, -0.25) is 9.20 Å². The van der Waals surface area contributed by atoms with Crippen molar-refractivity contribution in [3.8, 4) is 28.1 Å². The summed E-state index contributed by atoms with van der Waals surface area (Å²) in [5, 5.41) is 7.50. The lowest BCUT2D eigenvalue weighted by Gasteiger charge is -2.20. The summed E-state index contributed by atoms with van der Waals surface area (Å²) in [6.45, 7) is 2.01. The van der Waals surface area contributed by atoms with Crippen molar-refractivity contribution < 1.29 is 9.13 Å². The lowest BCUT2D eigenvalue weighted by molar-refractivity contribution is 0.386. The topological polar surface area (TPSA) is 100 Å². The molecule has 0 aliphatic rings. The van der Waals surface area contributed by atoms with Gasteiger partial charge in [0, 0.05) is 10.9 Å². The zero-order valence-corrected chi connectivity index (χ0v) is 22.5. The van der Waals surface area contributed by atoms with Gasteiger partial charge < -0.3 is 10.5 Å². The number of hydrogen-bond donors (Lipinski definition) is 1. The molecule has 0 aliphatic heterocycles. The summed E-state index contributed by atoms with van der Waals surface area (Å²) in [4.78, 5) is 23.3. The normalized spacial score (nSPS) is 12.3. The van der Waals surface area contributed by atoms with E-state index >= 15 is 0 Å². The third-order valence-electron chi connectivity index (χ3n) is 6.74. The standard InChI is InChI=1S/C28H22ClFN6O2S/c1-3-19(17-12-22-35(21(29)13-39-22)28(37)23(17)15-7-5-4-6-8-15)36-27-24(26(31)32-14-33-27)25(34-36)16-9-10-20(38-2)18(30)11-16/h4-14,19H,3H2,1-2H3,(H2,31,32,33)/t19-/m0/s1. The van der Waals surface area contributed by atoms with E-state index in [1.54, 1.807) is 16.1 Å². The molecule has 0 saturated carbocycles. The number of benzene rings is 2.